The van der Waals surface area contributed by atoms with E-state index in [2.05, 4.69) is 259 Å². The molecule has 77 heavy (non-hydrogen) atoms. The number of fused-ring (bicyclic) bond motifs is 7. The zero-order valence-corrected chi connectivity index (χ0v) is 43.5. The number of para-hydroxylation sites is 4. The second kappa shape index (κ2) is 18.5. The SMILES string of the molecule is CCc1cc2c3c(c1)C(c1ccccc1)c1cc(N(c4ccccc4)c4ccccc4)ccc1B3c1cc3c(nc1C2)Oc1cc(N(c2ccccc2)c2ccccc2)cc2c1B3C1=C(C=CCC1)N2C1=CCC(C)C=C1. The molecule has 0 amide bonds. The zero-order chi connectivity index (χ0) is 51.1. The van der Waals surface area contributed by atoms with E-state index in [9.17, 15) is 0 Å². The first-order valence-corrected chi connectivity index (χ1v) is 27.7. The maximum atomic E-state index is 7.45. The van der Waals surface area contributed by atoms with E-state index in [0.29, 0.717) is 5.92 Å². The molecule has 2 aliphatic carbocycles. The van der Waals surface area contributed by atoms with Crippen molar-refractivity contribution in [3.8, 4) is 11.6 Å². The van der Waals surface area contributed by atoms with Crippen LogP contribution < -0.4 is 46.8 Å². The molecule has 2 unspecified atom stereocenters. The van der Waals surface area contributed by atoms with E-state index in [1.54, 1.807) is 0 Å². The number of hydrogen-bond donors (Lipinski definition) is 0. The zero-order valence-electron chi connectivity index (χ0n) is 43.5. The van der Waals surface area contributed by atoms with Gasteiger partial charge in [-0.05, 0) is 155 Å². The van der Waals surface area contributed by atoms with Crippen LogP contribution >= 0.6 is 0 Å². The summed E-state index contributed by atoms with van der Waals surface area (Å²) in [5.74, 6) is 2.12. The lowest BCUT2D eigenvalue weighted by atomic mass is 9.28. The Hall–Kier alpha value is -8.80. The van der Waals surface area contributed by atoms with Gasteiger partial charge in [-0.1, -0.05) is 176 Å². The maximum Gasteiger partial charge on any atom is 0.254 e. The molecule has 2 atom stereocenters. The van der Waals surface area contributed by atoms with E-state index in [1.165, 1.54) is 66.5 Å². The van der Waals surface area contributed by atoms with Crippen molar-refractivity contribution in [2.45, 2.75) is 51.9 Å². The van der Waals surface area contributed by atoms with Crippen molar-refractivity contribution in [3.05, 3.63) is 281 Å². The largest absolute Gasteiger partial charge is 0.440 e. The molecule has 0 spiro atoms. The summed E-state index contributed by atoms with van der Waals surface area (Å²) in [6, 6.07) is 73.9. The summed E-state index contributed by atoms with van der Waals surface area (Å²) >= 11 is 0. The molecular formula is C70H56B2N4O. The van der Waals surface area contributed by atoms with E-state index in [1.807, 2.05) is 0 Å². The molecule has 0 radical (unpaired) electrons. The van der Waals surface area contributed by atoms with Gasteiger partial charge in [-0.3, -0.25) is 0 Å². The van der Waals surface area contributed by atoms with Crippen LogP contribution in [0.2, 0.25) is 0 Å². The predicted molar refractivity (Wildman–Crippen MR) is 321 cm³/mol. The van der Waals surface area contributed by atoms with E-state index in [4.69, 9.17) is 9.72 Å². The summed E-state index contributed by atoms with van der Waals surface area (Å²) in [5, 5.41) is 0. The van der Waals surface area contributed by atoms with Gasteiger partial charge in [0.05, 0.1) is 5.69 Å². The van der Waals surface area contributed by atoms with Crippen LogP contribution in [0.5, 0.6) is 11.6 Å². The fourth-order valence-electron chi connectivity index (χ4n) is 13.6. The number of ether oxygens (including phenoxy) is 1. The van der Waals surface area contributed by atoms with Crippen LogP contribution in [-0.2, 0) is 12.8 Å². The van der Waals surface area contributed by atoms with Crippen LogP contribution in [0.1, 0.15) is 72.5 Å². The first-order valence-electron chi connectivity index (χ1n) is 27.7. The average molecular weight is 991 g/mol. The average Bonchev–Trinajstić information content (AvgIpc) is 3.66. The standard InChI is InChI=1S/C70H56B2N4O/c1-3-47-39-49-41-63-61(71-59-38-37-55(74(50-23-11-5-12-24-50)51-25-13-6-14-26-51)42-57(59)67(58(40-47)68(49)71)48-21-9-4-10-22-48)45-62-70(73-63)77-66-44-56(75(52-27-15-7-16-28-52)53-29-17-8-18-30-53)43-65-69(66)72(62)60-31-19-20-32-64(60)76(65)54-35-33-46(2)34-36-54/h4-18,20-30,32-33,35-40,42-46,67H,3,19,31,34,41H2,1-2H3. The maximum absolute atomic E-state index is 7.45. The number of anilines is 7. The van der Waals surface area contributed by atoms with Crippen LogP contribution in [0.4, 0.5) is 39.8 Å². The number of allylic oxidation sites excluding steroid dienone is 6. The van der Waals surface area contributed by atoms with E-state index >= 15 is 0 Å². The van der Waals surface area contributed by atoms with E-state index in [0.717, 1.165) is 94.7 Å². The minimum absolute atomic E-state index is 0.0220. The highest BCUT2D eigenvalue weighted by Crippen LogP contribution is 2.47. The van der Waals surface area contributed by atoms with Gasteiger partial charge in [-0.15, -0.1) is 0 Å². The molecule has 5 heterocycles. The molecule has 0 fully saturated rings. The molecule has 0 N–H and O–H groups in total. The lowest BCUT2D eigenvalue weighted by Gasteiger charge is -2.44. The second-order valence-electron chi connectivity index (χ2n) is 21.6. The predicted octanol–water partition coefficient (Wildman–Crippen LogP) is 13.7. The van der Waals surface area contributed by atoms with Gasteiger partial charge >= 0.3 is 0 Å². The van der Waals surface area contributed by atoms with Gasteiger partial charge in [0.15, 0.2) is 0 Å². The third-order valence-corrected chi connectivity index (χ3v) is 17.0. The Kier molecular flexibility index (Phi) is 10.9. The van der Waals surface area contributed by atoms with Crippen molar-refractivity contribution in [2.75, 3.05) is 14.7 Å². The molecule has 9 aromatic rings. The van der Waals surface area contributed by atoms with Crippen molar-refractivity contribution < 1.29 is 4.74 Å². The highest BCUT2D eigenvalue weighted by atomic mass is 16.5. The van der Waals surface area contributed by atoms with Gasteiger partial charge in [0.2, 0.25) is 12.6 Å². The summed E-state index contributed by atoms with van der Waals surface area (Å²) in [6.07, 6.45) is 16.5. The molecule has 4 aliphatic heterocycles. The molecule has 15 rings (SSSR count). The minimum Gasteiger partial charge on any atom is -0.440 e. The molecule has 8 aromatic carbocycles. The van der Waals surface area contributed by atoms with Gasteiger partial charge < -0.3 is 19.4 Å². The minimum atomic E-state index is -0.0445. The van der Waals surface area contributed by atoms with Crippen LogP contribution in [0.25, 0.3) is 0 Å². The molecule has 368 valence electrons. The Morgan fingerprint density at radius 1 is 0.597 bits per heavy atom. The first-order chi connectivity index (χ1) is 38.1. The Morgan fingerprint density at radius 3 is 1.88 bits per heavy atom. The number of hydrogen-bond acceptors (Lipinski definition) is 5. The normalized spacial score (nSPS) is 17.0. The number of aromatic nitrogens is 1. The third-order valence-electron chi connectivity index (χ3n) is 17.0. The number of pyridine rings is 1. The van der Waals surface area contributed by atoms with Crippen molar-refractivity contribution >= 4 is 80.6 Å². The summed E-state index contributed by atoms with van der Waals surface area (Å²) < 4.78 is 7.45. The van der Waals surface area contributed by atoms with E-state index < -0.39 is 0 Å². The first kappa shape index (κ1) is 45.6. The van der Waals surface area contributed by atoms with Gasteiger partial charge in [0.1, 0.15) is 5.75 Å². The van der Waals surface area contributed by atoms with Crippen LogP contribution in [0.15, 0.2) is 247 Å². The van der Waals surface area contributed by atoms with Crippen molar-refractivity contribution in [3.63, 3.8) is 0 Å². The Bertz CT molecular complexity index is 3850. The molecule has 0 saturated carbocycles. The molecular weight excluding hydrogens is 934 g/mol. The molecule has 5 nitrogen and oxygen atoms in total. The highest BCUT2D eigenvalue weighted by Gasteiger charge is 2.48. The fourth-order valence-corrected chi connectivity index (χ4v) is 13.6. The lowest BCUT2D eigenvalue weighted by molar-refractivity contribution is 0.466. The van der Waals surface area contributed by atoms with Gasteiger partial charge in [0, 0.05) is 69.6 Å². The topological polar surface area (TPSA) is 31.8 Å². The summed E-state index contributed by atoms with van der Waals surface area (Å²) in [5.41, 5.74) is 26.0. The van der Waals surface area contributed by atoms with Crippen molar-refractivity contribution in [1.29, 1.82) is 0 Å². The van der Waals surface area contributed by atoms with Crippen LogP contribution in [0.3, 0.4) is 0 Å². The number of rotatable bonds is 9. The summed E-state index contributed by atoms with van der Waals surface area (Å²) in [4.78, 5) is 13.1. The van der Waals surface area contributed by atoms with Crippen molar-refractivity contribution in [2.24, 2.45) is 5.92 Å². The van der Waals surface area contributed by atoms with Gasteiger partial charge in [-0.25, -0.2) is 4.98 Å². The van der Waals surface area contributed by atoms with Crippen LogP contribution in [-0.4, -0.2) is 18.4 Å². The molecule has 7 heteroatoms. The van der Waals surface area contributed by atoms with Crippen molar-refractivity contribution in [1.82, 2.24) is 4.98 Å². The highest BCUT2D eigenvalue weighted by molar-refractivity contribution is 6.98. The Labute approximate surface area is 453 Å². The summed E-state index contributed by atoms with van der Waals surface area (Å²) in [7, 11) is 0. The second-order valence-corrected chi connectivity index (χ2v) is 21.6. The fraction of sp³-hybridized carbons (Fsp3) is 0.129. The third kappa shape index (κ3) is 7.50. The Balaban J connectivity index is 0.958. The van der Waals surface area contributed by atoms with Crippen LogP contribution in [0, 0.1) is 5.92 Å². The number of benzene rings is 8. The number of aryl methyl sites for hydroxylation is 1. The lowest BCUT2D eigenvalue weighted by Crippen LogP contribution is -2.64. The summed E-state index contributed by atoms with van der Waals surface area (Å²) in [6.45, 7) is 4.53. The number of nitrogens with zero attached hydrogens (tertiary/aromatic N) is 4. The smallest absolute Gasteiger partial charge is 0.254 e. The molecule has 6 aliphatic rings. The molecule has 1 aromatic heterocycles. The Morgan fingerprint density at radius 2 is 1.25 bits per heavy atom. The molecule has 0 bridgehead atoms. The van der Waals surface area contributed by atoms with Gasteiger partial charge in [0.25, 0.3) is 6.71 Å². The monoisotopic (exact) mass is 990 g/mol. The quantitative estimate of drug-likeness (QED) is 0.135. The van der Waals surface area contributed by atoms with Gasteiger partial charge in [-0.2, -0.15) is 0 Å². The van der Waals surface area contributed by atoms with E-state index in [-0.39, 0.29) is 19.3 Å². The molecule has 0 saturated heterocycles.